The highest BCUT2D eigenvalue weighted by Gasteiger charge is 2.24. The summed E-state index contributed by atoms with van der Waals surface area (Å²) < 4.78 is 44.0. The van der Waals surface area contributed by atoms with E-state index in [0.29, 0.717) is 48.4 Å². The summed E-state index contributed by atoms with van der Waals surface area (Å²) in [5, 5.41) is 26.4. The van der Waals surface area contributed by atoms with Gasteiger partial charge >= 0.3 is 0 Å². The Hall–Kier alpha value is -4.64. The van der Waals surface area contributed by atoms with Crippen LogP contribution in [0.1, 0.15) is 58.6 Å². The Bertz CT molecular complexity index is 2070. The fourth-order valence-corrected chi connectivity index (χ4v) is 7.20. The lowest BCUT2D eigenvalue weighted by molar-refractivity contribution is -0.244. The molecule has 0 radical (unpaired) electrons. The molecular weight excluding hydrogens is 860 g/mol. The van der Waals surface area contributed by atoms with Gasteiger partial charge in [0.25, 0.3) is 11.8 Å². The Kier molecular flexibility index (Phi) is 23.5. The van der Waals surface area contributed by atoms with E-state index < -0.39 is 27.8 Å². The maximum Gasteiger partial charge on any atom is 0.269 e. The summed E-state index contributed by atoms with van der Waals surface area (Å²) in [6, 6.07) is 14.3. The smallest absolute Gasteiger partial charge is 0.269 e. The zero-order valence-electron chi connectivity index (χ0n) is 35.9. The van der Waals surface area contributed by atoms with E-state index in [1.54, 1.807) is 37.3 Å². The number of hydrogen-bond acceptors (Lipinski definition) is 17. The molecule has 1 unspecified atom stereocenters. The summed E-state index contributed by atoms with van der Waals surface area (Å²) in [5.41, 5.74) is 4.99. The molecule has 1 atom stereocenters. The number of ether oxygens (including phenoxy) is 2. The Morgan fingerprint density at radius 1 is 0.903 bits per heavy atom. The van der Waals surface area contributed by atoms with Gasteiger partial charge in [-0.05, 0) is 132 Å². The minimum Gasteiger partial charge on any atom is -0.469 e. The number of nitrogens with one attached hydrogen (secondary N) is 4. The third kappa shape index (κ3) is 18.4. The molecule has 4 N–H and O–H groups in total. The molecule has 0 saturated heterocycles. The van der Waals surface area contributed by atoms with Crippen molar-refractivity contribution in [3.05, 3.63) is 89.0 Å². The van der Waals surface area contributed by atoms with E-state index in [9.17, 15) is 18.0 Å². The van der Waals surface area contributed by atoms with Crippen LogP contribution in [0.5, 0.6) is 0 Å². The van der Waals surface area contributed by atoms with E-state index in [2.05, 4.69) is 73.5 Å². The van der Waals surface area contributed by atoms with Crippen LogP contribution in [0, 0.1) is 12.3 Å². The van der Waals surface area contributed by atoms with Crippen LogP contribution >= 0.6 is 23.6 Å². The second-order valence-electron chi connectivity index (χ2n) is 13.5. The van der Waals surface area contributed by atoms with Crippen molar-refractivity contribution < 1.29 is 36.8 Å². The van der Waals surface area contributed by atoms with Crippen LogP contribution in [0.4, 0.5) is 17.1 Å². The van der Waals surface area contributed by atoms with Crippen molar-refractivity contribution >= 4 is 68.8 Å². The first-order chi connectivity index (χ1) is 29.8. The molecule has 0 spiro atoms. The fraction of sp³-hybridized carbons (Fsp3) is 0.439. The van der Waals surface area contributed by atoms with Gasteiger partial charge < -0.3 is 24.6 Å². The number of nitrogens with zero attached hydrogens (tertiary/aromatic N) is 6. The number of ketones is 1. The molecule has 0 aliphatic carbocycles. The van der Waals surface area contributed by atoms with Crippen LogP contribution in [0.25, 0.3) is 0 Å². The van der Waals surface area contributed by atoms with Crippen molar-refractivity contribution in [2.24, 2.45) is 20.5 Å². The second-order valence-corrected chi connectivity index (χ2v) is 16.4. The van der Waals surface area contributed by atoms with Crippen LogP contribution in [-0.2, 0) is 45.0 Å². The largest absolute Gasteiger partial charge is 0.469 e. The maximum absolute atomic E-state index is 13.2. The predicted molar refractivity (Wildman–Crippen MR) is 240 cm³/mol. The quantitative estimate of drug-likeness (QED) is 0.00572. The molecular formula is C41H57ClN10O8S2. The molecule has 62 heavy (non-hydrogen) atoms. The summed E-state index contributed by atoms with van der Waals surface area (Å²) in [6.45, 7) is 17.8. The third-order valence-electron chi connectivity index (χ3n) is 9.14. The van der Waals surface area contributed by atoms with Gasteiger partial charge in [0.05, 0.1) is 28.3 Å². The molecule has 3 aromatic carbocycles. The number of carbonyl (C=O) groups excluding carboxylic acids is 2. The lowest BCUT2D eigenvalue weighted by Crippen LogP contribution is -2.32. The molecule has 3 aromatic rings. The maximum atomic E-state index is 13.2. The molecule has 1 amide bonds. The van der Waals surface area contributed by atoms with Gasteiger partial charge in [0.15, 0.2) is 18.4 Å². The van der Waals surface area contributed by atoms with E-state index in [1.807, 2.05) is 0 Å². The van der Waals surface area contributed by atoms with Gasteiger partial charge in [-0.1, -0.05) is 39.3 Å². The van der Waals surface area contributed by atoms with Crippen molar-refractivity contribution in [3.63, 3.8) is 0 Å². The molecule has 0 aliphatic heterocycles. The van der Waals surface area contributed by atoms with E-state index in [-0.39, 0.29) is 28.1 Å². The van der Waals surface area contributed by atoms with Crippen molar-refractivity contribution in [3.8, 4) is 0 Å². The molecule has 3 rings (SSSR count). The van der Waals surface area contributed by atoms with Gasteiger partial charge in [0, 0.05) is 34.3 Å². The zero-order valence-corrected chi connectivity index (χ0v) is 38.3. The number of rotatable bonds is 30. The minimum atomic E-state index is -3.74. The van der Waals surface area contributed by atoms with Gasteiger partial charge in [-0.3, -0.25) is 15.0 Å². The van der Waals surface area contributed by atoms with Gasteiger partial charge in [-0.25, -0.2) is 13.1 Å². The first-order valence-corrected chi connectivity index (χ1v) is 22.7. The summed E-state index contributed by atoms with van der Waals surface area (Å²) >= 11 is 7.61. The molecule has 21 heteroatoms. The molecule has 0 heterocycles. The van der Waals surface area contributed by atoms with E-state index >= 15 is 0 Å². The number of amides is 1. The second kappa shape index (κ2) is 28.1. The number of hydrogen-bond donors (Lipinski definition) is 4. The van der Waals surface area contributed by atoms with Crippen molar-refractivity contribution in [2.75, 3.05) is 57.7 Å². The number of hydroxylamine groups is 1. The zero-order chi connectivity index (χ0) is 45.3. The molecule has 0 aliphatic rings. The predicted octanol–water partition coefficient (Wildman–Crippen LogP) is 8.25. The number of carbonyl (C=O) groups is 2. The highest BCUT2D eigenvalue weighted by molar-refractivity contribution is 7.94. The van der Waals surface area contributed by atoms with Gasteiger partial charge in [-0.2, -0.15) is 15.7 Å². The fourth-order valence-electron chi connectivity index (χ4n) is 5.50. The monoisotopic (exact) mass is 916 g/mol. The van der Waals surface area contributed by atoms with E-state index in [1.165, 1.54) is 37.3 Å². The average Bonchev–Trinajstić information content (AvgIpc) is 3.26. The molecule has 0 aromatic heterocycles. The van der Waals surface area contributed by atoms with Crippen molar-refractivity contribution in [1.29, 1.82) is 5.41 Å². The number of Topliss-reactive ketones (excluding diaryl/α,β-unsaturated/α-hetero) is 1. The molecule has 0 fully saturated rings. The Balaban J connectivity index is 1.55. The minimum absolute atomic E-state index is 0.0501. The highest BCUT2D eigenvalue weighted by Crippen LogP contribution is 2.28. The molecule has 18 nitrogen and oxygen atoms in total. The topological polar surface area (TPSA) is 221 Å². The number of halogens is 1. The standard InChI is InChI=1S/C41H57ClN10O8S2/c1-7-51(8-2)23-11-21-44-59-60-61-35-17-13-33(14-18-35)47-49-39(28-57-29-43)58-27-32-25-30(5)38(26-37(32)42)46-41(54)40(31(6)53)50-48-34-15-19-36(20-16-34)62(55,56)45-22-12-24-52(9-3)10-4/h13-20,25-26,28-29,40,43-45H,7-12,21-24,27H2,1-6H3,(H,46,54)/b39-28-,43-29?,49-47?,50-48?. The lowest BCUT2D eigenvalue weighted by atomic mass is 10.1. The number of anilines is 1. The van der Waals surface area contributed by atoms with Crippen LogP contribution in [0.3, 0.4) is 0 Å². The summed E-state index contributed by atoms with van der Waals surface area (Å²) in [5.74, 6) is -1.35. The molecule has 0 saturated carbocycles. The Morgan fingerprint density at radius 2 is 1.52 bits per heavy atom. The molecule has 338 valence electrons. The summed E-state index contributed by atoms with van der Waals surface area (Å²) in [4.78, 5) is 36.1. The van der Waals surface area contributed by atoms with Crippen LogP contribution in [0.2, 0.25) is 5.02 Å². The highest BCUT2D eigenvalue weighted by atomic mass is 35.5. The lowest BCUT2D eigenvalue weighted by Gasteiger charge is -2.17. The number of azo groups is 2. The van der Waals surface area contributed by atoms with Gasteiger partial charge in [0.1, 0.15) is 6.61 Å². The van der Waals surface area contributed by atoms with Crippen LogP contribution < -0.4 is 15.5 Å². The van der Waals surface area contributed by atoms with Crippen molar-refractivity contribution in [1.82, 2.24) is 20.0 Å². The Morgan fingerprint density at radius 3 is 2.13 bits per heavy atom. The Labute approximate surface area is 373 Å². The number of sulfonamides is 1. The normalized spacial score (nSPS) is 12.7. The SMILES string of the molecule is CCN(CC)CCCNOOSc1ccc(N=N/C(=C/OC=N)OCc2cc(C)c(NC(=O)C(N=Nc3ccc(S(=O)(=O)NCCCN(CC)CC)cc3)C(C)=O)cc2Cl)cc1. The van der Waals surface area contributed by atoms with Crippen LogP contribution in [-0.4, -0.2) is 94.7 Å². The molecule has 0 bridgehead atoms. The first kappa shape index (κ1) is 51.7. The summed E-state index contributed by atoms with van der Waals surface area (Å²) in [7, 11) is -3.74. The average molecular weight is 918 g/mol. The van der Waals surface area contributed by atoms with Crippen molar-refractivity contribution in [2.45, 2.75) is 76.8 Å². The van der Waals surface area contributed by atoms with Gasteiger partial charge in [-0.15, -0.1) is 19.6 Å². The third-order valence-corrected chi connectivity index (χ3v) is 11.6. The van der Waals surface area contributed by atoms with E-state index in [0.717, 1.165) is 68.9 Å². The first-order valence-electron chi connectivity index (χ1n) is 20.1. The van der Waals surface area contributed by atoms with Gasteiger partial charge in [0.2, 0.25) is 16.1 Å². The number of aryl methyl sites for hydroxylation is 1. The number of benzene rings is 3. The summed E-state index contributed by atoms with van der Waals surface area (Å²) in [6.07, 6.45) is 3.40. The van der Waals surface area contributed by atoms with E-state index in [4.69, 9.17) is 35.8 Å². The van der Waals surface area contributed by atoms with Crippen LogP contribution in [0.15, 0.2) is 103 Å².